The molecule has 1 aliphatic heterocycles. The number of fused-ring (bicyclic) bond motifs is 1. The van der Waals surface area contributed by atoms with Crippen molar-refractivity contribution >= 4 is 17.4 Å². The van der Waals surface area contributed by atoms with Crippen LogP contribution in [0.25, 0.3) is 0 Å². The number of Topliss-reactive ketones (excluding diaryl/α,β-unsaturated/α-hetero) is 1. The van der Waals surface area contributed by atoms with E-state index in [0.717, 1.165) is 17.4 Å². The van der Waals surface area contributed by atoms with Crippen LogP contribution in [0.4, 0.5) is 14.5 Å². The number of hydrogen-bond donors (Lipinski definition) is 0. The molecule has 0 unspecified atom stereocenters. The van der Waals surface area contributed by atoms with Crippen molar-refractivity contribution in [3.8, 4) is 0 Å². The zero-order valence-electron chi connectivity index (χ0n) is 10.4. The Hall–Kier alpha value is -1.82. The first-order chi connectivity index (χ1) is 9.06. The van der Waals surface area contributed by atoms with Gasteiger partial charge in [0.05, 0.1) is 17.9 Å². The Morgan fingerprint density at radius 3 is 2.63 bits per heavy atom. The summed E-state index contributed by atoms with van der Waals surface area (Å²) in [5.41, 5.74) is -0.380. The van der Waals surface area contributed by atoms with Crippen molar-refractivity contribution in [2.45, 2.75) is 13.3 Å². The fraction of sp³-hybridized carbons (Fsp3) is 0.385. The Kier molecular flexibility index (Phi) is 3.90. The third-order valence-electron chi connectivity index (χ3n) is 2.80. The largest absolute Gasteiger partial charge is 0.380 e. The molecule has 1 aliphatic rings. The van der Waals surface area contributed by atoms with Crippen molar-refractivity contribution in [1.82, 2.24) is 0 Å². The molecule has 0 radical (unpaired) electrons. The third-order valence-corrected chi connectivity index (χ3v) is 2.80. The minimum Gasteiger partial charge on any atom is -0.380 e. The lowest BCUT2D eigenvalue weighted by atomic mass is 10.1. The number of ether oxygens (including phenoxy) is 1. The van der Waals surface area contributed by atoms with Crippen LogP contribution in [0.15, 0.2) is 12.1 Å². The maximum Gasteiger partial charge on any atom is 0.299 e. The number of amides is 1. The van der Waals surface area contributed by atoms with E-state index in [4.69, 9.17) is 4.74 Å². The SMILES string of the molecule is CCCOCCN1C(=O)C(=O)c2c(F)cc(F)cc21. The number of benzene rings is 1. The molecule has 6 heteroatoms. The maximum atomic E-state index is 13.5. The Balaban J connectivity index is 2.23. The smallest absolute Gasteiger partial charge is 0.299 e. The van der Waals surface area contributed by atoms with E-state index in [2.05, 4.69) is 0 Å². The highest BCUT2D eigenvalue weighted by atomic mass is 19.1. The molecule has 1 heterocycles. The normalized spacial score (nSPS) is 14.2. The third kappa shape index (κ3) is 2.49. The quantitative estimate of drug-likeness (QED) is 0.606. The van der Waals surface area contributed by atoms with E-state index < -0.39 is 23.3 Å². The van der Waals surface area contributed by atoms with E-state index in [0.29, 0.717) is 12.7 Å². The first kappa shape index (κ1) is 13.6. The summed E-state index contributed by atoms with van der Waals surface area (Å²) in [6.07, 6.45) is 0.826. The Morgan fingerprint density at radius 2 is 1.95 bits per heavy atom. The lowest BCUT2D eigenvalue weighted by Gasteiger charge is -2.16. The van der Waals surface area contributed by atoms with Gasteiger partial charge in [0.2, 0.25) is 0 Å². The molecule has 102 valence electrons. The standard InChI is InChI=1S/C13H13F2NO3/c1-2-4-19-5-3-16-10-7-8(14)6-9(15)11(10)12(17)13(16)18/h6-7H,2-5H2,1H3. The summed E-state index contributed by atoms with van der Waals surface area (Å²) in [5, 5.41) is 0. The molecule has 1 aromatic carbocycles. The zero-order chi connectivity index (χ0) is 14.0. The summed E-state index contributed by atoms with van der Waals surface area (Å²) < 4.78 is 31.9. The van der Waals surface area contributed by atoms with E-state index in [1.807, 2.05) is 6.92 Å². The minimum absolute atomic E-state index is 0.0207. The average molecular weight is 269 g/mol. The van der Waals surface area contributed by atoms with Crippen LogP contribution < -0.4 is 4.90 Å². The summed E-state index contributed by atoms with van der Waals surface area (Å²) >= 11 is 0. The molecule has 0 atom stereocenters. The van der Waals surface area contributed by atoms with E-state index in [1.165, 1.54) is 0 Å². The van der Waals surface area contributed by atoms with Gasteiger partial charge >= 0.3 is 0 Å². The first-order valence-electron chi connectivity index (χ1n) is 5.99. The van der Waals surface area contributed by atoms with Crippen molar-refractivity contribution in [2.24, 2.45) is 0 Å². The number of carbonyl (C=O) groups is 2. The van der Waals surface area contributed by atoms with Gasteiger partial charge in [-0.15, -0.1) is 0 Å². The van der Waals surface area contributed by atoms with E-state index in [1.54, 1.807) is 0 Å². The topological polar surface area (TPSA) is 46.6 Å². The highest BCUT2D eigenvalue weighted by Crippen LogP contribution is 2.31. The molecule has 2 rings (SSSR count). The van der Waals surface area contributed by atoms with Crippen molar-refractivity contribution in [3.05, 3.63) is 29.3 Å². The maximum absolute atomic E-state index is 13.5. The lowest BCUT2D eigenvalue weighted by molar-refractivity contribution is -0.114. The molecular formula is C13H13F2NO3. The molecule has 0 N–H and O–H groups in total. The van der Waals surface area contributed by atoms with Crippen LogP contribution in [0, 0.1) is 11.6 Å². The average Bonchev–Trinajstić information content (AvgIpc) is 2.59. The number of nitrogens with zero attached hydrogens (tertiary/aromatic N) is 1. The van der Waals surface area contributed by atoms with Crippen LogP contribution in [0.1, 0.15) is 23.7 Å². The highest BCUT2D eigenvalue weighted by Gasteiger charge is 2.38. The summed E-state index contributed by atoms with van der Waals surface area (Å²) in [6.45, 7) is 2.77. The van der Waals surface area contributed by atoms with Crippen LogP contribution in [-0.2, 0) is 9.53 Å². The van der Waals surface area contributed by atoms with E-state index in [-0.39, 0.29) is 24.4 Å². The molecule has 4 nitrogen and oxygen atoms in total. The Morgan fingerprint density at radius 1 is 1.21 bits per heavy atom. The molecule has 0 saturated heterocycles. The molecular weight excluding hydrogens is 256 g/mol. The van der Waals surface area contributed by atoms with Gasteiger partial charge in [0.25, 0.3) is 11.7 Å². The van der Waals surface area contributed by atoms with Gasteiger partial charge < -0.3 is 9.64 Å². The van der Waals surface area contributed by atoms with Gasteiger partial charge in [0, 0.05) is 19.2 Å². The summed E-state index contributed by atoms with van der Waals surface area (Å²) in [6, 6.07) is 1.59. The Bertz CT molecular complexity index is 531. The molecule has 0 saturated carbocycles. The van der Waals surface area contributed by atoms with Gasteiger partial charge in [-0.1, -0.05) is 6.92 Å². The van der Waals surface area contributed by atoms with Gasteiger partial charge in [-0.2, -0.15) is 0 Å². The van der Waals surface area contributed by atoms with Crippen molar-refractivity contribution in [2.75, 3.05) is 24.7 Å². The zero-order valence-corrected chi connectivity index (χ0v) is 10.4. The predicted molar refractivity (Wildman–Crippen MR) is 64.2 cm³/mol. The van der Waals surface area contributed by atoms with Crippen molar-refractivity contribution < 1.29 is 23.1 Å². The lowest BCUT2D eigenvalue weighted by Crippen LogP contribution is -2.32. The van der Waals surface area contributed by atoms with Crippen molar-refractivity contribution in [3.63, 3.8) is 0 Å². The molecule has 1 aromatic rings. The number of anilines is 1. The highest BCUT2D eigenvalue weighted by molar-refractivity contribution is 6.52. The number of halogens is 2. The van der Waals surface area contributed by atoms with E-state index >= 15 is 0 Å². The second kappa shape index (κ2) is 5.44. The van der Waals surface area contributed by atoms with Crippen molar-refractivity contribution in [1.29, 1.82) is 0 Å². The van der Waals surface area contributed by atoms with Gasteiger partial charge in [-0.3, -0.25) is 9.59 Å². The number of hydrogen-bond acceptors (Lipinski definition) is 3. The van der Waals surface area contributed by atoms with Crippen LogP contribution >= 0.6 is 0 Å². The molecule has 0 aliphatic carbocycles. The van der Waals surface area contributed by atoms with Gasteiger partial charge in [0.15, 0.2) is 0 Å². The summed E-state index contributed by atoms with van der Waals surface area (Å²) in [5.74, 6) is -3.62. The molecule has 0 spiro atoms. The first-order valence-corrected chi connectivity index (χ1v) is 5.99. The second-order valence-electron chi connectivity index (χ2n) is 4.18. The molecule has 0 bridgehead atoms. The number of carbonyl (C=O) groups excluding carboxylic acids is 2. The van der Waals surface area contributed by atoms with Crippen LogP contribution in [0.5, 0.6) is 0 Å². The van der Waals surface area contributed by atoms with Crippen LogP contribution in [0.3, 0.4) is 0 Å². The Labute approximate surface area is 109 Å². The van der Waals surface area contributed by atoms with E-state index in [9.17, 15) is 18.4 Å². The predicted octanol–water partition coefficient (Wildman–Crippen LogP) is 1.92. The van der Waals surface area contributed by atoms with Crippen LogP contribution in [-0.4, -0.2) is 31.4 Å². The fourth-order valence-corrected chi connectivity index (χ4v) is 1.96. The minimum atomic E-state index is -1.01. The van der Waals surface area contributed by atoms with Gasteiger partial charge in [-0.25, -0.2) is 8.78 Å². The second-order valence-corrected chi connectivity index (χ2v) is 4.18. The summed E-state index contributed by atoms with van der Waals surface area (Å²) in [7, 11) is 0. The summed E-state index contributed by atoms with van der Waals surface area (Å²) in [4.78, 5) is 24.4. The van der Waals surface area contributed by atoms with Gasteiger partial charge in [0.1, 0.15) is 11.6 Å². The molecule has 19 heavy (non-hydrogen) atoms. The number of rotatable bonds is 5. The van der Waals surface area contributed by atoms with Crippen LogP contribution in [0.2, 0.25) is 0 Å². The van der Waals surface area contributed by atoms with Gasteiger partial charge in [-0.05, 0) is 12.5 Å². The fourth-order valence-electron chi connectivity index (χ4n) is 1.96. The molecule has 0 fully saturated rings. The molecule has 0 aromatic heterocycles. The molecule has 1 amide bonds. The number of ketones is 1. The monoisotopic (exact) mass is 269 g/mol.